The molecule has 0 bridgehead atoms. The van der Waals surface area contributed by atoms with E-state index in [2.05, 4.69) is 16.0 Å². The van der Waals surface area contributed by atoms with Crippen molar-refractivity contribution in [2.75, 3.05) is 18.4 Å². The van der Waals surface area contributed by atoms with Crippen molar-refractivity contribution in [1.29, 1.82) is 0 Å². The summed E-state index contributed by atoms with van der Waals surface area (Å²) in [5.41, 5.74) is 0.394. The summed E-state index contributed by atoms with van der Waals surface area (Å²) in [6, 6.07) is 9.62. The molecular formula is C26H31F4N3O2. The Kier molecular flexibility index (Phi) is 9.51. The van der Waals surface area contributed by atoms with Crippen molar-refractivity contribution in [1.82, 2.24) is 10.6 Å². The van der Waals surface area contributed by atoms with Crippen molar-refractivity contribution in [2.45, 2.75) is 57.2 Å². The lowest BCUT2D eigenvalue weighted by Gasteiger charge is -2.26. The van der Waals surface area contributed by atoms with Crippen LogP contribution in [0.4, 0.5) is 23.2 Å². The van der Waals surface area contributed by atoms with Crippen LogP contribution in [0.3, 0.4) is 0 Å². The van der Waals surface area contributed by atoms with Crippen molar-refractivity contribution < 1.29 is 27.2 Å². The lowest BCUT2D eigenvalue weighted by atomic mass is 9.84. The molecule has 1 aliphatic rings. The van der Waals surface area contributed by atoms with Crippen LogP contribution < -0.4 is 16.0 Å². The lowest BCUT2D eigenvalue weighted by Crippen LogP contribution is -2.49. The minimum atomic E-state index is -4.43. The van der Waals surface area contributed by atoms with E-state index in [1.54, 1.807) is 12.1 Å². The van der Waals surface area contributed by atoms with Crippen molar-refractivity contribution in [3.05, 3.63) is 65.5 Å². The predicted molar refractivity (Wildman–Crippen MR) is 126 cm³/mol. The lowest BCUT2D eigenvalue weighted by molar-refractivity contribution is -0.137. The predicted octanol–water partition coefficient (Wildman–Crippen LogP) is 5.07. The molecule has 2 aromatic rings. The Labute approximate surface area is 202 Å². The molecule has 0 aliphatic heterocycles. The van der Waals surface area contributed by atoms with Crippen LogP contribution in [-0.4, -0.2) is 30.9 Å². The molecule has 0 heterocycles. The highest BCUT2D eigenvalue weighted by molar-refractivity contribution is 5.88. The summed E-state index contributed by atoms with van der Waals surface area (Å²) >= 11 is 0. The highest BCUT2D eigenvalue weighted by Gasteiger charge is 2.30. The zero-order valence-electron chi connectivity index (χ0n) is 19.5. The SMILES string of the molecule is O=C(Cc1ccc(C(F)(F)F)cc1)N[C@@H](CC1CCCCC1)C(=O)NCCNc1ccc(F)cc1. The van der Waals surface area contributed by atoms with E-state index in [1.165, 1.54) is 30.7 Å². The maximum Gasteiger partial charge on any atom is 0.416 e. The molecule has 0 unspecified atom stereocenters. The number of nitrogens with one attached hydrogen (secondary N) is 3. The zero-order chi connectivity index (χ0) is 25.3. The second-order valence-electron chi connectivity index (χ2n) is 8.96. The van der Waals surface area contributed by atoms with Gasteiger partial charge in [0.1, 0.15) is 11.9 Å². The summed E-state index contributed by atoms with van der Waals surface area (Å²) < 4.78 is 51.3. The highest BCUT2D eigenvalue weighted by Crippen LogP contribution is 2.29. The maximum absolute atomic E-state index is 13.0. The molecule has 1 fully saturated rings. The summed E-state index contributed by atoms with van der Waals surface area (Å²) in [6.07, 6.45) is 1.35. The largest absolute Gasteiger partial charge is 0.416 e. The van der Waals surface area contributed by atoms with Gasteiger partial charge in [0.15, 0.2) is 0 Å². The van der Waals surface area contributed by atoms with Crippen LogP contribution in [0, 0.1) is 11.7 Å². The Morgan fingerprint density at radius 2 is 1.57 bits per heavy atom. The number of halogens is 4. The Bertz CT molecular complexity index is 956. The normalized spacial score (nSPS) is 15.3. The molecule has 2 aromatic carbocycles. The second kappa shape index (κ2) is 12.6. The first-order valence-electron chi connectivity index (χ1n) is 11.9. The minimum absolute atomic E-state index is 0.112. The zero-order valence-corrected chi connectivity index (χ0v) is 19.5. The number of anilines is 1. The summed E-state index contributed by atoms with van der Waals surface area (Å²) in [4.78, 5) is 25.5. The van der Waals surface area contributed by atoms with Crippen LogP contribution >= 0.6 is 0 Å². The molecule has 3 rings (SSSR count). The first-order valence-corrected chi connectivity index (χ1v) is 11.9. The summed E-state index contributed by atoms with van der Waals surface area (Å²) in [5, 5.41) is 8.71. The van der Waals surface area contributed by atoms with Gasteiger partial charge in [-0.2, -0.15) is 13.2 Å². The van der Waals surface area contributed by atoms with Crippen molar-refractivity contribution in [2.24, 2.45) is 5.92 Å². The topological polar surface area (TPSA) is 70.2 Å². The average Bonchev–Trinajstić information content (AvgIpc) is 2.83. The molecule has 190 valence electrons. The molecule has 1 atom stereocenters. The Hall–Kier alpha value is -3.10. The monoisotopic (exact) mass is 493 g/mol. The van der Waals surface area contributed by atoms with Gasteiger partial charge in [0.05, 0.1) is 12.0 Å². The van der Waals surface area contributed by atoms with Crippen LogP contribution in [0.15, 0.2) is 48.5 Å². The second-order valence-corrected chi connectivity index (χ2v) is 8.96. The fourth-order valence-corrected chi connectivity index (χ4v) is 4.31. The third-order valence-electron chi connectivity index (χ3n) is 6.19. The van der Waals surface area contributed by atoms with Gasteiger partial charge < -0.3 is 16.0 Å². The molecule has 0 saturated heterocycles. The van der Waals surface area contributed by atoms with Gasteiger partial charge >= 0.3 is 6.18 Å². The van der Waals surface area contributed by atoms with Crippen LogP contribution in [0.5, 0.6) is 0 Å². The quantitative estimate of drug-likeness (QED) is 0.320. The number of carbonyl (C=O) groups excluding carboxylic acids is 2. The van der Waals surface area contributed by atoms with E-state index in [0.29, 0.717) is 31.0 Å². The molecular weight excluding hydrogens is 462 g/mol. The Morgan fingerprint density at radius 3 is 2.20 bits per heavy atom. The van der Waals surface area contributed by atoms with Gasteiger partial charge in [-0.25, -0.2) is 4.39 Å². The Balaban J connectivity index is 1.54. The molecule has 2 amide bonds. The number of hydrogen-bond acceptors (Lipinski definition) is 3. The Morgan fingerprint density at radius 1 is 0.914 bits per heavy atom. The van der Waals surface area contributed by atoms with Gasteiger partial charge in [-0.1, -0.05) is 44.2 Å². The number of rotatable bonds is 10. The molecule has 1 aliphatic carbocycles. The molecule has 3 N–H and O–H groups in total. The molecule has 1 saturated carbocycles. The first-order chi connectivity index (χ1) is 16.7. The summed E-state index contributed by atoms with van der Waals surface area (Å²) in [5.74, 6) is -0.702. The summed E-state index contributed by atoms with van der Waals surface area (Å²) in [6.45, 7) is 0.735. The first kappa shape index (κ1) is 26.5. The van der Waals surface area contributed by atoms with Crippen LogP contribution in [0.2, 0.25) is 0 Å². The number of carbonyl (C=O) groups is 2. The van der Waals surface area contributed by atoms with Crippen molar-refractivity contribution in [3.8, 4) is 0 Å². The van der Waals surface area contributed by atoms with E-state index >= 15 is 0 Å². The van der Waals surface area contributed by atoms with Gasteiger partial charge in [-0.3, -0.25) is 9.59 Å². The fourth-order valence-electron chi connectivity index (χ4n) is 4.31. The van der Waals surface area contributed by atoms with E-state index < -0.39 is 23.7 Å². The smallest absolute Gasteiger partial charge is 0.383 e. The molecule has 0 spiro atoms. The van der Waals surface area contributed by atoms with Crippen molar-refractivity contribution in [3.63, 3.8) is 0 Å². The highest BCUT2D eigenvalue weighted by atomic mass is 19.4. The van der Waals surface area contributed by atoms with Gasteiger partial charge in [0, 0.05) is 18.8 Å². The number of amides is 2. The molecule has 5 nitrogen and oxygen atoms in total. The van der Waals surface area contributed by atoms with E-state index in [-0.39, 0.29) is 18.1 Å². The van der Waals surface area contributed by atoms with Crippen molar-refractivity contribution >= 4 is 17.5 Å². The van der Waals surface area contributed by atoms with Gasteiger partial charge in [0.2, 0.25) is 11.8 Å². The van der Waals surface area contributed by atoms with Crippen LogP contribution in [0.25, 0.3) is 0 Å². The van der Waals surface area contributed by atoms with Gasteiger partial charge in [-0.05, 0) is 54.3 Å². The maximum atomic E-state index is 13.0. The molecule has 0 aromatic heterocycles. The molecule has 0 radical (unpaired) electrons. The number of benzene rings is 2. The van der Waals surface area contributed by atoms with Gasteiger partial charge in [0.25, 0.3) is 0 Å². The number of hydrogen-bond donors (Lipinski definition) is 3. The van der Waals surface area contributed by atoms with E-state index in [4.69, 9.17) is 0 Å². The average molecular weight is 494 g/mol. The van der Waals surface area contributed by atoms with E-state index in [0.717, 1.165) is 43.5 Å². The molecule has 35 heavy (non-hydrogen) atoms. The van der Waals surface area contributed by atoms with Gasteiger partial charge in [-0.15, -0.1) is 0 Å². The third kappa shape index (κ3) is 8.88. The minimum Gasteiger partial charge on any atom is -0.383 e. The van der Waals surface area contributed by atoms with E-state index in [9.17, 15) is 27.2 Å². The third-order valence-corrected chi connectivity index (χ3v) is 6.19. The summed E-state index contributed by atoms with van der Waals surface area (Å²) in [7, 11) is 0. The standard InChI is InChI=1S/C26H31F4N3O2/c27-21-10-12-22(13-11-21)31-14-15-32-25(35)23(16-18-4-2-1-3-5-18)33-24(34)17-19-6-8-20(9-7-19)26(28,29)30/h6-13,18,23,31H,1-5,14-17H2,(H,32,35)(H,33,34)/t23-/m0/s1. The number of alkyl halides is 3. The fraction of sp³-hybridized carbons (Fsp3) is 0.462. The van der Waals surface area contributed by atoms with Crippen LogP contribution in [0.1, 0.15) is 49.7 Å². The van der Waals surface area contributed by atoms with Crippen LogP contribution in [-0.2, 0) is 22.2 Å². The van der Waals surface area contributed by atoms with E-state index in [1.807, 2.05) is 0 Å². The molecule has 9 heteroatoms.